The van der Waals surface area contributed by atoms with Gasteiger partial charge in [0.05, 0.1) is 17.0 Å². The lowest BCUT2D eigenvalue weighted by Crippen LogP contribution is -2.33. The van der Waals surface area contributed by atoms with E-state index in [9.17, 15) is 4.79 Å². The van der Waals surface area contributed by atoms with E-state index < -0.39 is 0 Å². The van der Waals surface area contributed by atoms with E-state index in [1.807, 2.05) is 61.5 Å². The first-order valence-electron chi connectivity index (χ1n) is 7.80. The molecular weight excluding hydrogens is 288 g/mol. The van der Waals surface area contributed by atoms with E-state index in [-0.39, 0.29) is 24.5 Å². The van der Waals surface area contributed by atoms with Crippen LogP contribution >= 0.6 is 0 Å². The largest absolute Gasteiger partial charge is 0.396 e. The number of carbonyl (C=O) groups is 1. The van der Waals surface area contributed by atoms with Crippen molar-refractivity contribution in [3.05, 3.63) is 65.9 Å². The van der Waals surface area contributed by atoms with Crippen LogP contribution in [0.15, 0.2) is 54.6 Å². The number of pyridine rings is 1. The third-order valence-electron chi connectivity index (χ3n) is 4.12. The summed E-state index contributed by atoms with van der Waals surface area (Å²) in [7, 11) is 0. The second-order valence-corrected chi connectivity index (χ2v) is 5.84. The van der Waals surface area contributed by atoms with Crippen molar-refractivity contribution in [2.45, 2.75) is 19.4 Å². The Morgan fingerprint density at radius 1 is 1.22 bits per heavy atom. The van der Waals surface area contributed by atoms with E-state index in [4.69, 9.17) is 5.11 Å². The maximum Gasteiger partial charge on any atom is 0.253 e. The van der Waals surface area contributed by atoms with Gasteiger partial charge in [-0.3, -0.25) is 9.78 Å². The smallest absolute Gasteiger partial charge is 0.253 e. The van der Waals surface area contributed by atoms with Gasteiger partial charge < -0.3 is 10.4 Å². The predicted octanol–water partition coefficient (Wildman–Crippen LogP) is 2.72. The maximum atomic E-state index is 12.4. The molecule has 2 N–H and O–H groups in total. The number of hydrogen-bond acceptors (Lipinski definition) is 3. The maximum absolute atomic E-state index is 12.4. The van der Waals surface area contributed by atoms with Crippen LogP contribution in [0.4, 0.5) is 0 Å². The van der Waals surface area contributed by atoms with Crippen molar-refractivity contribution in [1.29, 1.82) is 0 Å². The number of aliphatic hydroxyl groups excluding tert-OH is 1. The zero-order valence-corrected chi connectivity index (χ0v) is 13.1. The van der Waals surface area contributed by atoms with Crippen molar-refractivity contribution >= 4 is 5.91 Å². The zero-order chi connectivity index (χ0) is 16.2. The summed E-state index contributed by atoms with van der Waals surface area (Å²) in [6, 6.07) is 13.6. The van der Waals surface area contributed by atoms with E-state index in [2.05, 4.69) is 10.3 Å². The molecule has 4 nitrogen and oxygen atoms in total. The molecule has 1 heterocycles. The Kier molecular flexibility index (Phi) is 4.53. The van der Waals surface area contributed by atoms with Crippen LogP contribution in [0, 0.1) is 12.8 Å². The highest BCUT2D eigenvalue weighted by molar-refractivity contribution is 5.95. The highest BCUT2D eigenvalue weighted by Crippen LogP contribution is 2.20. The van der Waals surface area contributed by atoms with Gasteiger partial charge in [0, 0.05) is 24.1 Å². The molecule has 1 aromatic heterocycles. The lowest BCUT2D eigenvalue weighted by Gasteiger charge is -2.14. The summed E-state index contributed by atoms with van der Waals surface area (Å²) in [5.74, 6) is 0.0165. The number of rotatable bonds is 4. The highest BCUT2D eigenvalue weighted by atomic mass is 16.3. The minimum Gasteiger partial charge on any atom is -0.396 e. The molecule has 0 saturated heterocycles. The highest BCUT2D eigenvalue weighted by Gasteiger charge is 2.21. The van der Waals surface area contributed by atoms with Gasteiger partial charge in [0.1, 0.15) is 0 Å². The fourth-order valence-electron chi connectivity index (χ4n) is 2.83. The second kappa shape index (κ2) is 6.75. The van der Waals surface area contributed by atoms with Gasteiger partial charge in [-0.05, 0) is 25.5 Å². The Hall–Kier alpha value is -2.46. The van der Waals surface area contributed by atoms with Gasteiger partial charge in [0.25, 0.3) is 5.91 Å². The molecule has 1 aliphatic carbocycles. The molecule has 1 amide bonds. The molecule has 3 rings (SSSR count). The third kappa shape index (κ3) is 3.48. The summed E-state index contributed by atoms with van der Waals surface area (Å²) in [4.78, 5) is 17.0. The summed E-state index contributed by atoms with van der Waals surface area (Å²) in [6.45, 7) is 1.97. The van der Waals surface area contributed by atoms with Gasteiger partial charge in [-0.1, -0.05) is 42.5 Å². The molecule has 4 heteroatoms. The first-order chi connectivity index (χ1) is 11.2. The number of nitrogens with one attached hydrogen (secondary N) is 1. The van der Waals surface area contributed by atoms with Crippen molar-refractivity contribution in [2.75, 3.05) is 6.61 Å². The number of nitrogens with zero attached hydrogens (tertiary/aromatic N) is 1. The minimum absolute atomic E-state index is 0.0205. The van der Waals surface area contributed by atoms with E-state index in [1.165, 1.54) is 0 Å². The molecule has 0 radical (unpaired) electrons. The number of hydrogen-bond donors (Lipinski definition) is 2. The van der Waals surface area contributed by atoms with Gasteiger partial charge in [-0.2, -0.15) is 0 Å². The quantitative estimate of drug-likeness (QED) is 0.854. The fourth-order valence-corrected chi connectivity index (χ4v) is 2.83. The molecule has 1 aliphatic rings. The van der Waals surface area contributed by atoms with Crippen LogP contribution in [0.2, 0.25) is 0 Å². The van der Waals surface area contributed by atoms with E-state index >= 15 is 0 Å². The molecule has 0 spiro atoms. The Labute approximate surface area is 135 Å². The molecule has 0 bridgehead atoms. The van der Waals surface area contributed by atoms with E-state index in [0.717, 1.165) is 17.7 Å². The van der Waals surface area contributed by atoms with Gasteiger partial charge in [-0.25, -0.2) is 0 Å². The normalized spacial score (nSPS) is 19.7. The average Bonchev–Trinajstić information content (AvgIpc) is 3.03. The molecule has 0 saturated carbocycles. The van der Waals surface area contributed by atoms with Crippen molar-refractivity contribution in [1.82, 2.24) is 10.3 Å². The Morgan fingerprint density at radius 3 is 2.65 bits per heavy atom. The SMILES string of the molecule is Cc1nc(-c2ccccc2)ccc1C(=O)N[C@@H]1C=C[C@H](CO)C1. The Balaban J connectivity index is 1.73. The second-order valence-electron chi connectivity index (χ2n) is 5.84. The summed E-state index contributed by atoms with van der Waals surface area (Å²) in [5.41, 5.74) is 3.20. The number of aryl methyl sites for hydroxylation is 1. The topological polar surface area (TPSA) is 62.2 Å². The van der Waals surface area contributed by atoms with Gasteiger partial charge >= 0.3 is 0 Å². The van der Waals surface area contributed by atoms with E-state index in [0.29, 0.717) is 11.3 Å². The molecule has 0 unspecified atom stereocenters. The van der Waals surface area contributed by atoms with Crippen LogP contribution in [-0.2, 0) is 0 Å². The van der Waals surface area contributed by atoms with Crippen molar-refractivity contribution in [2.24, 2.45) is 5.92 Å². The monoisotopic (exact) mass is 308 g/mol. The van der Waals surface area contributed by atoms with Crippen LogP contribution in [0.3, 0.4) is 0 Å². The van der Waals surface area contributed by atoms with Crippen LogP contribution in [0.25, 0.3) is 11.3 Å². The Bertz CT molecular complexity index is 725. The molecular formula is C19H20N2O2. The lowest BCUT2D eigenvalue weighted by atomic mass is 10.1. The van der Waals surface area contributed by atoms with Crippen molar-refractivity contribution < 1.29 is 9.90 Å². The molecule has 2 atom stereocenters. The van der Waals surface area contributed by atoms with Crippen LogP contribution in [-0.4, -0.2) is 28.6 Å². The average molecular weight is 308 g/mol. The number of benzene rings is 1. The fraction of sp³-hybridized carbons (Fsp3) is 0.263. The summed E-state index contributed by atoms with van der Waals surface area (Å²) >= 11 is 0. The number of amides is 1. The van der Waals surface area contributed by atoms with Gasteiger partial charge in [0.15, 0.2) is 0 Å². The summed E-state index contributed by atoms with van der Waals surface area (Å²) < 4.78 is 0. The van der Waals surface area contributed by atoms with Crippen molar-refractivity contribution in [3.8, 4) is 11.3 Å². The minimum atomic E-state index is -0.122. The molecule has 2 aromatic rings. The van der Waals surface area contributed by atoms with Crippen LogP contribution in [0.1, 0.15) is 22.5 Å². The molecule has 118 valence electrons. The summed E-state index contributed by atoms with van der Waals surface area (Å²) in [6.07, 6.45) is 4.64. The van der Waals surface area contributed by atoms with Crippen LogP contribution < -0.4 is 5.32 Å². The number of carbonyl (C=O) groups excluding carboxylic acids is 1. The van der Waals surface area contributed by atoms with Gasteiger partial charge in [-0.15, -0.1) is 0 Å². The standard InChI is InChI=1S/C19H20N2O2/c1-13-17(19(23)21-16-8-7-14(11-16)12-22)9-10-18(20-13)15-5-3-2-4-6-15/h2-10,14,16,22H,11-12H2,1H3,(H,21,23)/t14-,16+/m0/s1. The van der Waals surface area contributed by atoms with E-state index in [1.54, 1.807) is 0 Å². The van der Waals surface area contributed by atoms with Gasteiger partial charge in [0.2, 0.25) is 0 Å². The first-order valence-corrected chi connectivity index (χ1v) is 7.80. The summed E-state index contributed by atoms with van der Waals surface area (Å²) in [5, 5.41) is 12.1. The molecule has 1 aromatic carbocycles. The number of aliphatic hydroxyl groups is 1. The molecule has 0 aliphatic heterocycles. The van der Waals surface area contributed by atoms with Crippen LogP contribution in [0.5, 0.6) is 0 Å². The Morgan fingerprint density at radius 2 is 2.00 bits per heavy atom. The first kappa shape index (κ1) is 15.4. The zero-order valence-electron chi connectivity index (χ0n) is 13.1. The molecule has 0 fully saturated rings. The number of aromatic nitrogens is 1. The third-order valence-corrected chi connectivity index (χ3v) is 4.12. The lowest BCUT2D eigenvalue weighted by molar-refractivity contribution is 0.0940. The molecule has 23 heavy (non-hydrogen) atoms. The predicted molar refractivity (Wildman–Crippen MR) is 90.0 cm³/mol. The van der Waals surface area contributed by atoms with Crippen molar-refractivity contribution in [3.63, 3.8) is 0 Å².